The topological polar surface area (TPSA) is 48.7 Å². The highest BCUT2D eigenvalue weighted by Crippen LogP contribution is 2.28. The summed E-state index contributed by atoms with van der Waals surface area (Å²) in [4.78, 5) is 11.0. The Morgan fingerprint density at radius 2 is 2.18 bits per heavy atom. The number of hydrogen-bond acceptors (Lipinski definition) is 4. The molecule has 0 aliphatic heterocycles. The van der Waals surface area contributed by atoms with E-state index in [1.54, 1.807) is 25.5 Å². The van der Waals surface area contributed by atoms with Gasteiger partial charge in [-0.25, -0.2) is 4.79 Å². The maximum atomic E-state index is 11.0. The summed E-state index contributed by atoms with van der Waals surface area (Å²) in [5.74, 6) is 0.244. The first-order valence-corrected chi connectivity index (χ1v) is 5.06. The fraction of sp³-hybridized carbons (Fsp3) is 0.154. The normalized spacial score (nSPS) is 10.9. The van der Waals surface area contributed by atoms with Gasteiger partial charge >= 0.3 is 5.97 Å². The number of furan rings is 1. The minimum Gasteiger partial charge on any atom is -0.493 e. The molecule has 17 heavy (non-hydrogen) atoms. The van der Waals surface area contributed by atoms with E-state index in [0.29, 0.717) is 11.3 Å². The number of ether oxygens (including phenoxy) is 2. The lowest BCUT2D eigenvalue weighted by Crippen LogP contribution is -1.93. The van der Waals surface area contributed by atoms with Crippen LogP contribution in [0, 0.1) is 0 Å². The summed E-state index contributed by atoms with van der Waals surface area (Å²) in [6, 6.07) is 5.54. The minimum absolute atomic E-state index is 0.392. The van der Waals surface area contributed by atoms with E-state index in [4.69, 9.17) is 9.15 Å². The second-order valence-corrected chi connectivity index (χ2v) is 3.42. The van der Waals surface area contributed by atoms with Gasteiger partial charge in [0.05, 0.1) is 20.5 Å². The third-order valence-corrected chi connectivity index (χ3v) is 2.37. The molecule has 1 heterocycles. The van der Waals surface area contributed by atoms with Gasteiger partial charge in [-0.2, -0.15) is 0 Å². The average Bonchev–Trinajstić information content (AvgIpc) is 2.82. The minimum atomic E-state index is -0.392. The second-order valence-electron chi connectivity index (χ2n) is 3.42. The largest absolute Gasteiger partial charge is 0.493 e. The number of esters is 1. The second kappa shape index (κ2) is 4.74. The SMILES string of the molecule is COC(=O)/C=C/c1cc(OC)c2occc2c1. The molecule has 0 bridgehead atoms. The Morgan fingerprint density at radius 3 is 2.88 bits per heavy atom. The van der Waals surface area contributed by atoms with Crippen molar-refractivity contribution in [3.8, 4) is 5.75 Å². The summed E-state index contributed by atoms with van der Waals surface area (Å²) in [7, 11) is 2.91. The summed E-state index contributed by atoms with van der Waals surface area (Å²) in [6.45, 7) is 0. The molecule has 88 valence electrons. The molecular weight excluding hydrogens is 220 g/mol. The van der Waals surface area contributed by atoms with Gasteiger partial charge in [-0.1, -0.05) is 0 Å². The van der Waals surface area contributed by atoms with Gasteiger partial charge in [0, 0.05) is 11.5 Å². The third kappa shape index (κ3) is 2.30. The molecule has 0 unspecified atom stereocenters. The smallest absolute Gasteiger partial charge is 0.330 e. The van der Waals surface area contributed by atoms with Crippen LogP contribution in [0.1, 0.15) is 5.56 Å². The van der Waals surface area contributed by atoms with E-state index < -0.39 is 5.97 Å². The Morgan fingerprint density at radius 1 is 1.35 bits per heavy atom. The van der Waals surface area contributed by atoms with Crippen LogP contribution in [0.2, 0.25) is 0 Å². The number of fused-ring (bicyclic) bond motifs is 1. The molecule has 4 heteroatoms. The maximum absolute atomic E-state index is 11.0. The molecule has 0 amide bonds. The highest BCUT2D eigenvalue weighted by atomic mass is 16.5. The van der Waals surface area contributed by atoms with E-state index in [9.17, 15) is 4.79 Å². The quantitative estimate of drug-likeness (QED) is 0.603. The average molecular weight is 232 g/mol. The molecule has 1 aromatic heterocycles. The van der Waals surface area contributed by atoms with Crippen LogP contribution < -0.4 is 4.74 Å². The van der Waals surface area contributed by atoms with Crippen molar-refractivity contribution < 1.29 is 18.7 Å². The van der Waals surface area contributed by atoms with Crippen LogP contribution in [-0.4, -0.2) is 20.2 Å². The predicted molar refractivity (Wildman–Crippen MR) is 63.8 cm³/mol. The zero-order valence-corrected chi connectivity index (χ0v) is 9.60. The number of rotatable bonds is 3. The first kappa shape index (κ1) is 11.3. The molecule has 0 saturated heterocycles. The summed E-state index contributed by atoms with van der Waals surface area (Å²) in [5.41, 5.74) is 1.55. The lowest BCUT2D eigenvalue weighted by Gasteiger charge is -2.02. The van der Waals surface area contributed by atoms with E-state index in [-0.39, 0.29) is 0 Å². The van der Waals surface area contributed by atoms with Gasteiger partial charge in [-0.15, -0.1) is 0 Å². The zero-order valence-electron chi connectivity index (χ0n) is 9.60. The van der Waals surface area contributed by atoms with E-state index >= 15 is 0 Å². The molecule has 0 fully saturated rings. The molecule has 0 aliphatic rings. The lowest BCUT2D eigenvalue weighted by atomic mass is 10.1. The van der Waals surface area contributed by atoms with Gasteiger partial charge < -0.3 is 13.9 Å². The number of hydrogen-bond donors (Lipinski definition) is 0. The van der Waals surface area contributed by atoms with Crippen LogP contribution >= 0.6 is 0 Å². The lowest BCUT2D eigenvalue weighted by molar-refractivity contribution is -0.134. The fourth-order valence-electron chi connectivity index (χ4n) is 1.55. The van der Waals surface area contributed by atoms with E-state index in [1.165, 1.54) is 13.2 Å². The molecule has 0 aliphatic carbocycles. The van der Waals surface area contributed by atoms with Crippen molar-refractivity contribution in [2.75, 3.05) is 14.2 Å². The number of benzene rings is 1. The van der Waals surface area contributed by atoms with Crippen molar-refractivity contribution in [2.45, 2.75) is 0 Å². The number of carbonyl (C=O) groups excluding carboxylic acids is 1. The fourth-order valence-corrected chi connectivity index (χ4v) is 1.55. The Hall–Kier alpha value is -2.23. The Labute approximate surface area is 98.4 Å². The van der Waals surface area contributed by atoms with Gasteiger partial charge in [-0.05, 0) is 29.8 Å². The molecule has 0 spiro atoms. The van der Waals surface area contributed by atoms with Crippen LogP contribution in [0.3, 0.4) is 0 Å². The van der Waals surface area contributed by atoms with Gasteiger partial charge in [0.1, 0.15) is 0 Å². The number of carbonyl (C=O) groups is 1. The van der Waals surface area contributed by atoms with Crippen molar-refractivity contribution >= 4 is 23.0 Å². The highest BCUT2D eigenvalue weighted by molar-refractivity contribution is 5.90. The molecule has 4 nitrogen and oxygen atoms in total. The van der Waals surface area contributed by atoms with E-state index in [0.717, 1.165) is 10.9 Å². The Balaban J connectivity index is 2.41. The van der Waals surface area contributed by atoms with Crippen molar-refractivity contribution in [1.29, 1.82) is 0 Å². The Bertz CT molecular complexity index is 566. The van der Waals surface area contributed by atoms with Crippen molar-refractivity contribution in [1.82, 2.24) is 0 Å². The number of methoxy groups -OCH3 is 2. The van der Waals surface area contributed by atoms with Gasteiger partial charge in [0.25, 0.3) is 0 Å². The van der Waals surface area contributed by atoms with Crippen LogP contribution in [-0.2, 0) is 9.53 Å². The summed E-state index contributed by atoms with van der Waals surface area (Å²) in [6.07, 6.45) is 4.63. The van der Waals surface area contributed by atoms with Crippen LogP contribution in [0.25, 0.3) is 17.0 Å². The summed E-state index contributed by atoms with van der Waals surface area (Å²) < 4.78 is 15.0. The van der Waals surface area contributed by atoms with Crippen molar-refractivity contribution in [3.05, 3.63) is 36.1 Å². The molecule has 0 saturated carbocycles. The Kier molecular flexibility index (Phi) is 3.14. The van der Waals surface area contributed by atoms with E-state index in [1.807, 2.05) is 12.1 Å². The predicted octanol–water partition coefficient (Wildman–Crippen LogP) is 2.63. The molecule has 2 rings (SSSR count). The van der Waals surface area contributed by atoms with E-state index in [2.05, 4.69) is 4.74 Å². The van der Waals surface area contributed by atoms with Gasteiger partial charge in [-0.3, -0.25) is 0 Å². The molecular formula is C13H12O4. The molecule has 0 radical (unpaired) electrons. The summed E-state index contributed by atoms with van der Waals surface area (Å²) in [5, 5.41) is 0.925. The molecule has 1 aromatic carbocycles. The van der Waals surface area contributed by atoms with Crippen LogP contribution in [0.4, 0.5) is 0 Å². The van der Waals surface area contributed by atoms with Gasteiger partial charge in [0.2, 0.25) is 0 Å². The molecule has 0 atom stereocenters. The maximum Gasteiger partial charge on any atom is 0.330 e. The van der Waals surface area contributed by atoms with Crippen LogP contribution in [0.5, 0.6) is 5.75 Å². The first-order valence-electron chi connectivity index (χ1n) is 5.06. The standard InChI is InChI=1S/C13H12O4/c1-15-11-8-9(3-4-12(14)16-2)7-10-5-6-17-13(10)11/h3-8H,1-2H3/b4-3+. The summed E-state index contributed by atoms with van der Waals surface area (Å²) >= 11 is 0. The molecule has 0 N–H and O–H groups in total. The van der Waals surface area contributed by atoms with Crippen molar-refractivity contribution in [3.63, 3.8) is 0 Å². The third-order valence-electron chi connectivity index (χ3n) is 2.37. The van der Waals surface area contributed by atoms with Crippen LogP contribution in [0.15, 0.2) is 35.0 Å². The monoisotopic (exact) mass is 232 g/mol. The molecule has 2 aromatic rings. The highest BCUT2D eigenvalue weighted by Gasteiger charge is 2.06. The van der Waals surface area contributed by atoms with Crippen molar-refractivity contribution in [2.24, 2.45) is 0 Å². The zero-order chi connectivity index (χ0) is 12.3. The first-order chi connectivity index (χ1) is 8.24. The van der Waals surface area contributed by atoms with Gasteiger partial charge in [0.15, 0.2) is 11.3 Å².